The molecule has 1 saturated heterocycles. The molecular formula is C21H16Cl2N2O5S. The van der Waals surface area contributed by atoms with E-state index in [0.29, 0.717) is 32.0 Å². The Bertz CT molecular complexity index is 1080. The van der Waals surface area contributed by atoms with Crippen molar-refractivity contribution in [1.82, 2.24) is 10.2 Å². The van der Waals surface area contributed by atoms with Gasteiger partial charge in [-0.25, -0.2) is 0 Å². The lowest BCUT2D eigenvalue weighted by Crippen LogP contribution is -2.37. The summed E-state index contributed by atoms with van der Waals surface area (Å²) in [5.41, 5.74) is 1.25. The Morgan fingerprint density at radius 2 is 1.87 bits per heavy atom. The highest BCUT2D eigenvalue weighted by atomic mass is 35.5. The van der Waals surface area contributed by atoms with Crippen molar-refractivity contribution >= 4 is 58.1 Å². The quantitative estimate of drug-likeness (QED) is 0.628. The van der Waals surface area contributed by atoms with Crippen LogP contribution < -0.4 is 14.8 Å². The van der Waals surface area contributed by atoms with Gasteiger partial charge in [0.1, 0.15) is 0 Å². The van der Waals surface area contributed by atoms with Crippen LogP contribution in [-0.4, -0.2) is 41.8 Å². The van der Waals surface area contributed by atoms with E-state index in [4.69, 9.17) is 32.7 Å². The summed E-state index contributed by atoms with van der Waals surface area (Å²) in [6, 6.07) is 10.3. The second-order valence-corrected chi connectivity index (χ2v) is 8.48. The van der Waals surface area contributed by atoms with Gasteiger partial charge in [0.2, 0.25) is 12.7 Å². The Balaban J connectivity index is 1.34. The molecular weight excluding hydrogens is 463 g/mol. The van der Waals surface area contributed by atoms with Gasteiger partial charge in [-0.05, 0) is 53.2 Å². The molecule has 0 radical (unpaired) electrons. The number of carbonyl (C=O) groups is 3. The lowest BCUT2D eigenvalue weighted by atomic mass is 10.1. The molecule has 7 nitrogen and oxygen atoms in total. The minimum atomic E-state index is -0.406. The minimum absolute atomic E-state index is 0.00438. The summed E-state index contributed by atoms with van der Waals surface area (Å²) in [6.45, 7) is 0.338. The molecule has 2 aromatic rings. The summed E-state index contributed by atoms with van der Waals surface area (Å²) in [7, 11) is 0. The molecule has 160 valence electrons. The molecule has 2 aliphatic heterocycles. The summed E-state index contributed by atoms with van der Waals surface area (Å²) in [5, 5.41) is 3.11. The van der Waals surface area contributed by atoms with Gasteiger partial charge in [0, 0.05) is 23.1 Å². The number of rotatable bonds is 6. The number of amides is 3. The number of ether oxygens (including phenoxy) is 2. The zero-order chi connectivity index (χ0) is 22.0. The molecule has 2 aromatic carbocycles. The van der Waals surface area contributed by atoms with Crippen LogP contribution >= 0.6 is 35.0 Å². The van der Waals surface area contributed by atoms with Crippen LogP contribution in [0, 0.1) is 0 Å². The highest BCUT2D eigenvalue weighted by Crippen LogP contribution is 2.36. The average Bonchev–Trinajstić information content (AvgIpc) is 3.30. The topological polar surface area (TPSA) is 84.9 Å². The van der Waals surface area contributed by atoms with Crippen molar-refractivity contribution in [2.75, 3.05) is 19.9 Å². The first-order valence-corrected chi connectivity index (χ1v) is 10.8. The molecule has 0 bridgehead atoms. The van der Waals surface area contributed by atoms with Crippen molar-refractivity contribution < 1.29 is 23.9 Å². The van der Waals surface area contributed by atoms with Crippen LogP contribution in [0.2, 0.25) is 10.0 Å². The zero-order valence-electron chi connectivity index (χ0n) is 16.0. The number of hydrogen-bond acceptors (Lipinski definition) is 6. The number of thioether (sulfide) groups is 1. The Labute approximate surface area is 192 Å². The van der Waals surface area contributed by atoms with Crippen LogP contribution in [0.4, 0.5) is 4.79 Å². The average molecular weight is 479 g/mol. The molecule has 0 unspecified atom stereocenters. The Morgan fingerprint density at radius 3 is 2.65 bits per heavy atom. The molecule has 2 heterocycles. The third-order valence-corrected chi connectivity index (χ3v) is 6.24. The Hall–Kier alpha value is -2.68. The SMILES string of the molecule is O=C(Cc1c(Cl)cccc1Cl)NCCN1C(=O)S/C(=C\c2ccc3c(c2)OCO3)C1=O. The minimum Gasteiger partial charge on any atom is -0.454 e. The monoisotopic (exact) mass is 478 g/mol. The van der Waals surface area contributed by atoms with Crippen molar-refractivity contribution in [3.05, 3.63) is 62.5 Å². The summed E-state index contributed by atoms with van der Waals surface area (Å²) in [5.74, 6) is 0.516. The standard InChI is InChI=1S/C21H16Cl2N2O5S/c22-14-2-1-3-15(23)13(14)10-19(26)24-6-7-25-20(27)18(31-21(25)28)9-12-4-5-16-17(8-12)30-11-29-16/h1-5,8-9H,6-7,10-11H2,(H,24,26)/b18-9-. The molecule has 0 spiro atoms. The zero-order valence-corrected chi connectivity index (χ0v) is 18.4. The van der Waals surface area contributed by atoms with Gasteiger partial charge in [0.15, 0.2) is 11.5 Å². The van der Waals surface area contributed by atoms with Crippen molar-refractivity contribution in [1.29, 1.82) is 0 Å². The summed E-state index contributed by atoms with van der Waals surface area (Å²) < 4.78 is 10.6. The highest BCUT2D eigenvalue weighted by molar-refractivity contribution is 8.18. The van der Waals surface area contributed by atoms with Crippen LogP contribution in [0.25, 0.3) is 6.08 Å². The van der Waals surface area contributed by atoms with E-state index in [0.717, 1.165) is 22.2 Å². The fourth-order valence-corrected chi connectivity index (χ4v) is 4.47. The lowest BCUT2D eigenvalue weighted by molar-refractivity contribution is -0.124. The van der Waals surface area contributed by atoms with Gasteiger partial charge in [0.25, 0.3) is 11.1 Å². The number of carbonyl (C=O) groups excluding carboxylic acids is 3. The normalized spacial score (nSPS) is 16.3. The molecule has 0 aromatic heterocycles. The van der Waals surface area contributed by atoms with E-state index in [1.54, 1.807) is 42.5 Å². The van der Waals surface area contributed by atoms with E-state index in [1.165, 1.54) is 0 Å². The first kappa shape index (κ1) is 21.5. The van der Waals surface area contributed by atoms with Crippen molar-refractivity contribution in [3.63, 3.8) is 0 Å². The molecule has 0 saturated carbocycles. The summed E-state index contributed by atoms with van der Waals surface area (Å²) in [6.07, 6.45) is 1.63. The fourth-order valence-electron chi connectivity index (χ4n) is 3.08. The molecule has 1 fully saturated rings. The molecule has 1 N–H and O–H groups in total. The van der Waals surface area contributed by atoms with Gasteiger partial charge in [-0.15, -0.1) is 0 Å². The lowest BCUT2D eigenvalue weighted by Gasteiger charge is -2.13. The smallest absolute Gasteiger partial charge is 0.293 e. The maximum absolute atomic E-state index is 12.6. The van der Waals surface area contributed by atoms with Crippen LogP contribution in [0.15, 0.2) is 41.3 Å². The van der Waals surface area contributed by atoms with Gasteiger partial charge in [-0.3, -0.25) is 19.3 Å². The van der Waals surface area contributed by atoms with Gasteiger partial charge in [-0.2, -0.15) is 0 Å². The van der Waals surface area contributed by atoms with Crippen molar-refractivity contribution in [2.45, 2.75) is 6.42 Å². The van der Waals surface area contributed by atoms with E-state index >= 15 is 0 Å². The third-order valence-electron chi connectivity index (χ3n) is 4.62. The second-order valence-electron chi connectivity index (χ2n) is 6.67. The second kappa shape index (κ2) is 9.21. The molecule has 2 aliphatic rings. The van der Waals surface area contributed by atoms with Crippen LogP contribution in [0.1, 0.15) is 11.1 Å². The van der Waals surface area contributed by atoms with E-state index in [2.05, 4.69) is 5.32 Å². The van der Waals surface area contributed by atoms with Crippen molar-refractivity contribution in [2.24, 2.45) is 0 Å². The number of halogens is 2. The van der Waals surface area contributed by atoms with Crippen LogP contribution in [-0.2, 0) is 16.0 Å². The van der Waals surface area contributed by atoms with Crippen LogP contribution in [0.5, 0.6) is 11.5 Å². The number of nitrogens with zero attached hydrogens (tertiary/aromatic N) is 1. The molecule has 0 atom stereocenters. The van der Waals surface area contributed by atoms with Crippen LogP contribution in [0.3, 0.4) is 0 Å². The third kappa shape index (κ3) is 4.81. The predicted molar refractivity (Wildman–Crippen MR) is 118 cm³/mol. The number of nitrogens with one attached hydrogen (secondary N) is 1. The Kier molecular flexibility index (Phi) is 6.41. The molecule has 10 heteroatoms. The fraction of sp³-hybridized carbons (Fsp3) is 0.190. The first-order valence-electron chi connectivity index (χ1n) is 9.27. The number of fused-ring (bicyclic) bond motifs is 1. The predicted octanol–water partition coefficient (Wildman–Crippen LogP) is 4.12. The van der Waals surface area contributed by atoms with Gasteiger partial charge in [0.05, 0.1) is 11.3 Å². The van der Waals surface area contributed by atoms with Gasteiger partial charge < -0.3 is 14.8 Å². The summed E-state index contributed by atoms with van der Waals surface area (Å²) >= 11 is 13.0. The maximum Gasteiger partial charge on any atom is 0.293 e. The summed E-state index contributed by atoms with van der Waals surface area (Å²) in [4.78, 5) is 38.5. The van der Waals surface area contributed by atoms with E-state index < -0.39 is 5.91 Å². The number of imide groups is 1. The van der Waals surface area contributed by atoms with E-state index in [-0.39, 0.29) is 37.4 Å². The van der Waals surface area contributed by atoms with E-state index in [1.807, 2.05) is 0 Å². The number of hydrogen-bond donors (Lipinski definition) is 1. The van der Waals surface area contributed by atoms with E-state index in [9.17, 15) is 14.4 Å². The van der Waals surface area contributed by atoms with Gasteiger partial charge >= 0.3 is 0 Å². The Morgan fingerprint density at radius 1 is 1.13 bits per heavy atom. The largest absolute Gasteiger partial charge is 0.454 e. The highest BCUT2D eigenvalue weighted by Gasteiger charge is 2.34. The number of benzene rings is 2. The molecule has 4 rings (SSSR count). The maximum atomic E-state index is 12.6. The first-order chi connectivity index (χ1) is 14.9. The van der Waals surface area contributed by atoms with Gasteiger partial charge in [-0.1, -0.05) is 35.3 Å². The molecule has 3 amide bonds. The molecule has 31 heavy (non-hydrogen) atoms. The molecule has 0 aliphatic carbocycles. The van der Waals surface area contributed by atoms with Crippen molar-refractivity contribution in [3.8, 4) is 11.5 Å².